The minimum Gasteiger partial charge on any atom is -0.458 e. The number of likely N-dealkylation sites (tertiary alicyclic amines) is 1. The third-order valence-corrected chi connectivity index (χ3v) is 6.20. The van der Waals surface area contributed by atoms with E-state index >= 15 is 0 Å². The van der Waals surface area contributed by atoms with Crippen LogP contribution in [0.15, 0.2) is 36.4 Å². The molecule has 1 saturated heterocycles. The number of nitrogens with zero attached hydrogens (tertiary/aromatic N) is 2. The van der Waals surface area contributed by atoms with Crippen molar-refractivity contribution in [3.05, 3.63) is 41.4 Å². The summed E-state index contributed by atoms with van der Waals surface area (Å²) in [5.41, 5.74) is 0.204. The quantitative estimate of drug-likeness (QED) is 0.195. The molecule has 1 amide bonds. The van der Waals surface area contributed by atoms with Crippen molar-refractivity contribution in [3.8, 4) is 0 Å². The molecule has 30 heavy (non-hydrogen) atoms. The predicted octanol–water partition coefficient (Wildman–Crippen LogP) is 4.22. The lowest BCUT2D eigenvalue weighted by molar-refractivity contribution is -0.168. The summed E-state index contributed by atoms with van der Waals surface area (Å²) in [5.74, 6) is -1.11. The smallest absolute Gasteiger partial charge is 0.333 e. The summed E-state index contributed by atoms with van der Waals surface area (Å²) in [7, 11) is 3.99. The van der Waals surface area contributed by atoms with E-state index in [1.807, 2.05) is 0 Å². The highest BCUT2D eigenvalue weighted by molar-refractivity contribution is 8.08. The van der Waals surface area contributed by atoms with E-state index in [1.54, 1.807) is 63.8 Å². The van der Waals surface area contributed by atoms with Crippen LogP contribution in [0.2, 0.25) is 5.02 Å². The fourth-order valence-corrected chi connectivity index (χ4v) is 4.96. The molecule has 0 spiro atoms. The molecule has 2 rings (SSSR count). The molecular weight excluding hydrogens is 467 g/mol. The van der Waals surface area contributed by atoms with Gasteiger partial charge in [-0.3, -0.25) is 4.79 Å². The Balaban J connectivity index is 2.45. The Hall–Kier alpha value is -1.48. The van der Waals surface area contributed by atoms with Crippen LogP contribution < -0.4 is 4.90 Å². The van der Waals surface area contributed by atoms with Crippen LogP contribution in [0.3, 0.4) is 0 Å². The van der Waals surface area contributed by atoms with Crippen molar-refractivity contribution < 1.29 is 18.5 Å². The molecule has 0 radical (unpaired) electrons. The fourth-order valence-electron chi connectivity index (χ4n) is 3.22. The summed E-state index contributed by atoms with van der Waals surface area (Å²) < 4.78 is 17.9. The van der Waals surface area contributed by atoms with Gasteiger partial charge < -0.3 is 14.5 Å². The lowest BCUT2D eigenvalue weighted by atomic mass is 9.97. The van der Waals surface area contributed by atoms with Gasteiger partial charge in [-0.1, -0.05) is 30.4 Å². The minimum absolute atomic E-state index is 0.375. The van der Waals surface area contributed by atoms with Crippen molar-refractivity contribution in [1.82, 2.24) is 4.90 Å². The molecule has 10 heteroatoms. The number of rotatable bonds is 6. The summed E-state index contributed by atoms with van der Waals surface area (Å²) >= 11 is 11.3. The molecule has 0 saturated carbocycles. The standard InChI is InChI=1S/C20H24Cl2N2O4S2/c1-11(2)15(19(26)28-20(4,5)6)24-17(25)16(18(24)30(22)27)23(12(3)29)14-9-7-13(21)8-10-14/h7-10,15-16,18H,1H2,2-6H3. The minimum atomic E-state index is -2.00. The predicted molar refractivity (Wildman–Crippen MR) is 125 cm³/mol. The van der Waals surface area contributed by atoms with Gasteiger partial charge in [0.05, 0.1) is 4.99 Å². The maximum atomic E-state index is 13.2. The van der Waals surface area contributed by atoms with Gasteiger partial charge in [-0.25, -0.2) is 9.00 Å². The number of ether oxygens (including phenoxy) is 1. The van der Waals surface area contributed by atoms with Crippen molar-refractivity contribution in [2.75, 3.05) is 4.90 Å². The number of carbonyl (C=O) groups excluding carboxylic acids is 2. The first-order valence-corrected chi connectivity index (χ1v) is 11.9. The number of halogens is 2. The van der Waals surface area contributed by atoms with Crippen molar-refractivity contribution in [2.24, 2.45) is 0 Å². The molecule has 4 unspecified atom stereocenters. The Kier molecular flexibility index (Phi) is 7.72. The number of carbonyl (C=O) groups is 2. The molecule has 1 aromatic carbocycles. The maximum absolute atomic E-state index is 13.2. The fraction of sp³-hybridized carbons (Fsp3) is 0.450. The lowest BCUT2D eigenvalue weighted by Crippen LogP contribution is -2.75. The Bertz CT molecular complexity index is 899. The van der Waals surface area contributed by atoms with Gasteiger partial charge in [0.1, 0.15) is 21.7 Å². The van der Waals surface area contributed by atoms with Gasteiger partial charge in [-0.2, -0.15) is 0 Å². The Labute approximate surface area is 194 Å². The van der Waals surface area contributed by atoms with E-state index in [0.29, 0.717) is 21.3 Å². The lowest BCUT2D eigenvalue weighted by Gasteiger charge is -2.52. The molecule has 0 N–H and O–H groups in total. The molecule has 1 fully saturated rings. The van der Waals surface area contributed by atoms with Crippen molar-refractivity contribution >= 4 is 67.1 Å². The maximum Gasteiger partial charge on any atom is 0.333 e. The van der Waals surface area contributed by atoms with Crippen LogP contribution in [0.1, 0.15) is 34.6 Å². The van der Waals surface area contributed by atoms with E-state index in [-0.39, 0.29) is 0 Å². The summed E-state index contributed by atoms with van der Waals surface area (Å²) in [6, 6.07) is 4.67. The number of benzene rings is 1. The van der Waals surface area contributed by atoms with E-state index in [4.69, 9.17) is 39.2 Å². The molecule has 4 atom stereocenters. The Morgan fingerprint density at radius 1 is 1.30 bits per heavy atom. The molecular formula is C20H24Cl2N2O4S2. The molecule has 0 bridgehead atoms. The van der Waals surface area contributed by atoms with Gasteiger partial charge in [0.25, 0.3) is 5.91 Å². The van der Waals surface area contributed by atoms with E-state index in [1.165, 1.54) is 4.90 Å². The highest BCUT2D eigenvalue weighted by Crippen LogP contribution is 2.37. The second kappa shape index (κ2) is 9.34. The van der Waals surface area contributed by atoms with E-state index in [0.717, 1.165) is 0 Å². The normalized spacial score (nSPS) is 20.8. The van der Waals surface area contributed by atoms with Crippen molar-refractivity contribution in [3.63, 3.8) is 0 Å². The third-order valence-electron chi connectivity index (χ3n) is 4.34. The molecule has 164 valence electrons. The average molecular weight is 491 g/mol. The van der Waals surface area contributed by atoms with Crippen molar-refractivity contribution in [2.45, 2.75) is 57.7 Å². The molecule has 6 nitrogen and oxygen atoms in total. The zero-order valence-electron chi connectivity index (χ0n) is 17.3. The van der Waals surface area contributed by atoms with Gasteiger partial charge >= 0.3 is 5.97 Å². The molecule has 1 aromatic rings. The van der Waals surface area contributed by atoms with Crippen LogP contribution in [-0.2, 0) is 24.3 Å². The van der Waals surface area contributed by atoms with Crippen molar-refractivity contribution in [1.29, 1.82) is 0 Å². The number of hydrogen-bond donors (Lipinski definition) is 0. The number of β-lactam (4-membered cyclic amide) rings is 1. The first-order chi connectivity index (χ1) is 13.8. The van der Waals surface area contributed by atoms with Gasteiger partial charge in [-0.05, 0) is 75.1 Å². The molecule has 1 aliphatic heterocycles. The summed E-state index contributed by atoms with van der Waals surface area (Å²) in [6.07, 6.45) is 0. The first kappa shape index (κ1) is 24.8. The van der Waals surface area contributed by atoms with Crippen LogP contribution in [0.4, 0.5) is 5.69 Å². The van der Waals surface area contributed by atoms with E-state index < -0.39 is 44.9 Å². The monoisotopic (exact) mass is 490 g/mol. The van der Waals surface area contributed by atoms with E-state index in [9.17, 15) is 13.8 Å². The SMILES string of the molecule is C=C(C)C(C(=O)OC(C)(C)C)N1C(=O)C(N(C(C)=S)c2ccc(Cl)cc2)C1S(=O)Cl. The molecule has 1 aliphatic rings. The summed E-state index contributed by atoms with van der Waals surface area (Å²) in [6.45, 7) is 12.2. The summed E-state index contributed by atoms with van der Waals surface area (Å²) in [5, 5.41) is -0.478. The average Bonchev–Trinajstić information content (AvgIpc) is 2.58. The third kappa shape index (κ3) is 5.22. The Morgan fingerprint density at radius 3 is 2.23 bits per heavy atom. The Morgan fingerprint density at radius 2 is 1.83 bits per heavy atom. The largest absolute Gasteiger partial charge is 0.458 e. The number of thiocarbonyl (C=S) groups is 1. The van der Waals surface area contributed by atoms with Gasteiger partial charge in [-0.15, -0.1) is 0 Å². The topological polar surface area (TPSA) is 66.9 Å². The molecule has 0 aliphatic carbocycles. The molecule has 1 heterocycles. The first-order valence-electron chi connectivity index (χ1n) is 9.09. The number of hydrogen-bond acceptors (Lipinski definition) is 5. The van der Waals surface area contributed by atoms with E-state index in [2.05, 4.69) is 6.58 Å². The van der Waals surface area contributed by atoms with Crippen LogP contribution >= 0.6 is 34.5 Å². The highest BCUT2D eigenvalue weighted by atomic mass is 35.7. The number of amides is 1. The van der Waals surface area contributed by atoms with Crippen LogP contribution in [-0.4, -0.2) is 49.0 Å². The zero-order valence-corrected chi connectivity index (χ0v) is 20.5. The van der Waals surface area contributed by atoms with Gasteiger partial charge in [0.2, 0.25) is 0 Å². The number of esters is 1. The highest BCUT2D eigenvalue weighted by Gasteiger charge is 2.58. The second-order valence-corrected chi connectivity index (χ2v) is 10.9. The van der Waals surface area contributed by atoms with Crippen LogP contribution in [0, 0.1) is 0 Å². The van der Waals surface area contributed by atoms with Crippen LogP contribution in [0.5, 0.6) is 0 Å². The van der Waals surface area contributed by atoms with Gasteiger partial charge in [0, 0.05) is 10.7 Å². The summed E-state index contributed by atoms with van der Waals surface area (Å²) in [4.78, 5) is 29.2. The number of anilines is 1. The van der Waals surface area contributed by atoms with Crippen LogP contribution in [0.25, 0.3) is 0 Å². The zero-order chi connectivity index (χ0) is 23.0. The van der Waals surface area contributed by atoms with Gasteiger partial charge in [0.15, 0.2) is 11.4 Å². The molecule has 0 aromatic heterocycles. The second-order valence-electron chi connectivity index (χ2n) is 7.98.